The van der Waals surface area contributed by atoms with Crippen LogP contribution in [0.15, 0.2) is 169 Å². The molecule has 0 saturated heterocycles. The summed E-state index contributed by atoms with van der Waals surface area (Å²) in [5, 5.41) is 2.55. The fraction of sp³-hybridized carbons (Fsp3) is 0.149. The molecule has 5 aromatic rings. The summed E-state index contributed by atoms with van der Waals surface area (Å²) >= 11 is 0. The highest BCUT2D eigenvalue weighted by molar-refractivity contribution is 5.92. The lowest BCUT2D eigenvalue weighted by Crippen LogP contribution is -2.20. The summed E-state index contributed by atoms with van der Waals surface area (Å²) in [6, 6.07) is 39.0. The third kappa shape index (κ3) is 3.94. The molecule has 0 bridgehead atoms. The Balaban J connectivity index is 0.961. The second kappa shape index (κ2) is 9.90. The summed E-state index contributed by atoms with van der Waals surface area (Å²) in [5.41, 5.74) is 16.6. The van der Waals surface area contributed by atoms with Gasteiger partial charge in [0.25, 0.3) is 0 Å². The minimum atomic E-state index is 0.000792. The minimum Gasteiger partial charge on any atom is -0.0764 e. The third-order valence-electron chi connectivity index (χ3n) is 11.7. The van der Waals surface area contributed by atoms with Crippen molar-refractivity contribution in [1.82, 2.24) is 0 Å². The van der Waals surface area contributed by atoms with E-state index in [-0.39, 0.29) is 5.41 Å². The Bertz CT molecular complexity index is 2330. The first-order chi connectivity index (χ1) is 23.0. The zero-order valence-corrected chi connectivity index (χ0v) is 26.8. The van der Waals surface area contributed by atoms with E-state index in [0.29, 0.717) is 23.7 Å². The number of rotatable bonds is 3. The van der Waals surface area contributed by atoms with Crippen molar-refractivity contribution in [3.8, 4) is 33.4 Å². The zero-order valence-electron chi connectivity index (χ0n) is 26.8. The molecule has 224 valence electrons. The molecule has 0 radical (unpaired) electrons. The van der Waals surface area contributed by atoms with Gasteiger partial charge in [0.2, 0.25) is 0 Å². The van der Waals surface area contributed by atoms with Crippen LogP contribution in [0, 0.1) is 23.7 Å². The monoisotopic (exact) mass is 600 g/mol. The normalized spacial score (nSPS) is 23.8. The Morgan fingerprint density at radius 1 is 0.447 bits per heavy atom. The number of fused-ring (bicyclic) bond motifs is 7. The van der Waals surface area contributed by atoms with Crippen molar-refractivity contribution in [2.45, 2.75) is 19.3 Å². The molecule has 1 fully saturated rings. The first kappa shape index (κ1) is 27.0. The molecular weight excluding hydrogens is 565 g/mol. The fourth-order valence-corrected chi connectivity index (χ4v) is 9.31. The van der Waals surface area contributed by atoms with E-state index in [0.717, 1.165) is 0 Å². The molecule has 0 heteroatoms. The molecule has 5 aromatic carbocycles. The van der Waals surface area contributed by atoms with Gasteiger partial charge in [0.05, 0.1) is 0 Å². The lowest BCUT2D eigenvalue weighted by atomic mass is 9.72. The second-order valence-electron chi connectivity index (χ2n) is 14.5. The molecule has 0 heterocycles. The predicted molar refractivity (Wildman–Crippen MR) is 198 cm³/mol. The van der Waals surface area contributed by atoms with Crippen LogP contribution in [0.4, 0.5) is 0 Å². The van der Waals surface area contributed by atoms with E-state index < -0.39 is 0 Å². The first-order valence-corrected chi connectivity index (χ1v) is 17.1. The highest BCUT2D eigenvalue weighted by atomic mass is 14.5. The van der Waals surface area contributed by atoms with Gasteiger partial charge in [-0.1, -0.05) is 165 Å². The van der Waals surface area contributed by atoms with Crippen LogP contribution in [-0.2, 0) is 5.41 Å². The van der Waals surface area contributed by atoms with E-state index in [9.17, 15) is 0 Å². The Kier molecular flexibility index (Phi) is 5.68. The summed E-state index contributed by atoms with van der Waals surface area (Å²) in [6.45, 7) is 4.71. The maximum absolute atomic E-state index is 2.42. The largest absolute Gasteiger partial charge is 0.0764 e. The average Bonchev–Trinajstić information content (AvgIpc) is 3.57. The van der Waals surface area contributed by atoms with Crippen molar-refractivity contribution in [3.63, 3.8) is 0 Å². The fourth-order valence-electron chi connectivity index (χ4n) is 9.31. The highest BCUT2D eigenvalue weighted by Crippen LogP contribution is 2.57. The zero-order chi connectivity index (χ0) is 31.3. The maximum Gasteiger partial charge on any atom is 0.0159 e. The standard InChI is InChI=1S/C47H36/c1-47(2)44-13-6-5-10-39(44)40-23-22-34(28-45(40)47)33-21-17-30-16-20-32(26-35(30)27-33)29-14-18-31(19-15-29)36-24-25-43-38-9-4-3-8-37(38)42-12-7-11-41(36)46(42)43/h3-28,37-38,41,46H,1-2H3. The van der Waals surface area contributed by atoms with Gasteiger partial charge in [-0.3, -0.25) is 0 Å². The van der Waals surface area contributed by atoms with Gasteiger partial charge in [0.1, 0.15) is 0 Å². The maximum atomic E-state index is 2.42. The van der Waals surface area contributed by atoms with Gasteiger partial charge < -0.3 is 0 Å². The molecule has 5 aliphatic rings. The molecule has 0 amide bonds. The van der Waals surface area contributed by atoms with Crippen LogP contribution in [0.1, 0.15) is 30.5 Å². The molecule has 0 nitrogen and oxygen atoms in total. The summed E-state index contributed by atoms with van der Waals surface area (Å²) in [5.74, 6) is 1.92. The van der Waals surface area contributed by atoms with Crippen molar-refractivity contribution in [2.75, 3.05) is 0 Å². The van der Waals surface area contributed by atoms with Crippen molar-refractivity contribution >= 4 is 16.3 Å². The van der Waals surface area contributed by atoms with Gasteiger partial charge in [-0.05, 0) is 84.6 Å². The Labute approximate surface area is 277 Å². The summed E-state index contributed by atoms with van der Waals surface area (Å²) < 4.78 is 0. The van der Waals surface area contributed by atoms with Gasteiger partial charge in [-0.25, -0.2) is 0 Å². The highest BCUT2D eigenvalue weighted by Gasteiger charge is 2.46. The number of benzene rings is 5. The summed E-state index contributed by atoms with van der Waals surface area (Å²) in [6.07, 6.45) is 21.2. The van der Waals surface area contributed by atoms with E-state index in [1.165, 1.54) is 66.4 Å². The second-order valence-corrected chi connectivity index (χ2v) is 14.5. The minimum absolute atomic E-state index is 0.000792. The van der Waals surface area contributed by atoms with Crippen molar-refractivity contribution < 1.29 is 0 Å². The smallest absolute Gasteiger partial charge is 0.0159 e. The molecule has 4 unspecified atom stereocenters. The quantitative estimate of drug-likeness (QED) is 0.193. The lowest BCUT2D eigenvalue weighted by molar-refractivity contribution is 0.623. The lowest BCUT2D eigenvalue weighted by Gasteiger charge is -2.32. The molecule has 0 N–H and O–H groups in total. The Morgan fingerprint density at radius 3 is 1.83 bits per heavy atom. The van der Waals surface area contributed by atoms with Gasteiger partial charge >= 0.3 is 0 Å². The molecule has 47 heavy (non-hydrogen) atoms. The molecule has 0 aromatic heterocycles. The van der Waals surface area contributed by atoms with E-state index >= 15 is 0 Å². The Morgan fingerprint density at radius 2 is 1.04 bits per heavy atom. The number of hydrogen-bond donors (Lipinski definition) is 0. The SMILES string of the molecule is CC1(C)c2ccccc2-c2ccc(-c3ccc4ccc(-c5ccc(C6=CC=C7C8C=CC=CC8C8=CC=CC6C87)cc5)cc4c3)cc21. The molecule has 4 atom stereocenters. The number of hydrogen-bond acceptors (Lipinski definition) is 0. The average molecular weight is 601 g/mol. The van der Waals surface area contributed by atoms with Crippen LogP contribution < -0.4 is 0 Å². The van der Waals surface area contributed by atoms with Gasteiger partial charge in [-0.2, -0.15) is 0 Å². The van der Waals surface area contributed by atoms with Gasteiger partial charge in [0, 0.05) is 29.1 Å². The molecule has 1 saturated carbocycles. The van der Waals surface area contributed by atoms with E-state index in [2.05, 4.69) is 172 Å². The van der Waals surface area contributed by atoms with Crippen LogP contribution in [-0.4, -0.2) is 0 Å². The van der Waals surface area contributed by atoms with Crippen LogP contribution in [0.3, 0.4) is 0 Å². The first-order valence-electron chi connectivity index (χ1n) is 17.1. The molecule has 0 aliphatic heterocycles. The number of allylic oxidation sites excluding steroid dienone is 12. The van der Waals surface area contributed by atoms with Gasteiger partial charge in [-0.15, -0.1) is 0 Å². The van der Waals surface area contributed by atoms with Crippen molar-refractivity contribution in [2.24, 2.45) is 23.7 Å². The molecular formula is C47H36. The topological polar surface area (TPSA) is 0 Å². The molecule has 10 rings (SSSR count). The third-order valence-corrected chi connectivity index (χ3v) is 11.7. The van der Waals surface area contributed by atoms with E-state index in [1.807, 2.05) is 0 Å². The predicted octanol–water partition coefficient (Wildman–Crippen LogP) is 11.9. The van der Waals surface area contributed by atoms with Crippen molar-refractivity contribution in [3.05, 3.63) is 186 Å². The van der Waals surface area contributed by atoms with Crippen LogP contribution in [0.25, 0.3) is 49.7 Å². The van der Waals surface area contributed by atoms with Gasteiger partial charge in [0.15, 0.2) is 0 Å². The van der Waals surface area contributed by atoms with E-state index in [4.69, 9.17) is 0 Å². The van der Waals surface area contributed by atoms with E-state index in [1.54, 1.807) is 11.1 Å². The molecule has 0 spiro atoms. The van der Waals surface area contributed by atoms with Crippen molar-refractivity contribution in [1.29, 1.82) is 0 Å². The van der Waals surface area contributed by atoms with Crippen LogP contribution in [0.5, 0.6) is 0 Å². The summed E-state index contributed by atoms with van der Waals surface area (Å²) in [7, 11) is 0. The van der Waals surface area contributed by atoms with Crippen LogP contribution >= 0.6 is 0 Å². The summed E-state index contributed by atoms with van der Waals surface area (Å²) in [4.78, 5) is 0. The Hall–Kier alpha value is -5.20. The van der Waals surface area contributed by atoms with Crippen LogP contribution in [0.2, 0.25) is 0 Å². The molecule has 5 aliphatic carbocycles.